The maximum absolute atomic E-state index is 5.83. The predicted molar refractivity (Wildman–Crippen MR) is 88.6 cm³/mol. The van der Waals surface area contributed by atoms with Crippen molar-refractivity contribution in [3.63, 3.8) is 0 Å². The molecule has 0 radical (unpaired) electrons. The van der Waals surface area contributed by atoms with Crippen molar-refractivity contribution in [3.8, 4) is 11.5 Å². The molecule has 2 aromatic carbocycles. The molecule has 2 heterocycles. The first-order chi connectivity index (χ1) is 11.4. The number of aromatic amines is 1. The number of nitrogens with one attached hydrogen (secondary N) is 2. The van der Waals surface area contributed by atoms with Gasteiger partial charge in [0.15, 0.2) is 0 Å². The van der Waals surface area contributed by atoms with Crippen LogP contribution in [0.15, 0.2) is 71.3 Å². The van der Waals surface area contributed by atoms with Gasteiger partial charge in [-0.3, -0.25) is 0 Å². The van der Waals surface area contributed by atoms with Crippen LogP contribution in [-0.2, 0) is 6.54 Å². The Balaban J connectivity index is 1.52. The lowest BCUT2D eigenvalue weighted by Crippen LogP contribution is -1.99. The molecule has 2 aromatic heterocycles. The third kappa shape index (κ3) is 3.03. The van der Waals surface area contributed by atoms with Gasteiger partial charge in [0.25, 0.3) is 0 Å². The number of fused-ring (bicyclic) bond motifs is 1. The fourth-order valence-electron chi connectivity index (χ4n) is 2.34. The van der Waals surface area contributed by atoms with Crippen LogP contribution in [0.1, 0.15) is 5.76 Å². The third-order valence-electron chi connectivity index (χ3n) is 3.44. The van der Waals surface area contributed by atoms with Gasteiger partial charge in [0.1, 0.15) is 17.3 Å². The van der Waals surface area contributed by atoms with Gasteiger partial charge in [-0.05, 0) is 36.4 Å². The van der Waals surface area contributed by atoms with Crippen molar-refractivity contribution in [2.24, 2.45) is 0 Å². The number of H-pyrrole nitrogens is 1. The third-order valence-corrected chi connectivity index (χ3v) is 3.44. The first-order valence-electron chi connectivity index (χ1n) is 7.36. The van der Waals surface area contributed by atoms with Crippen molar-refractivity contribution in [1.29, 1.82) is 0 Å². The van der Waals surface area contributed by atoms with Gasteiger partial charge in [-0.2, -0.15) is 0 Å². The molecule has 0 aliphatic heterocycles. The SMILES string of the molecule is c1ccc(Oc2ccc3nc(NCc4ccco4)[nH]c3c2)cc1. The Morgan fingerprint density at radius 1 is 1.00 bits per heavy atom. The first kappa shape index (κ1) is 13.5. The maximum atomic E-state index is 5.83. The summed E-state index contributed by atoms with van der Waals surface area (Å²) in [5.41, 5.74) is 1.80. The summed E-state index contributed by atoms with van der Waals surface area (Å²) in [6.07, 6.45) is 1.66. The Bertz CT molecular complexity index is 899. The second-order valence-electron chi connectivity index (χ2n) is 5.11. The summed E-state index contributed by atoms with van der Waals surface area (Å²) in [5.74, 6) is 3.14. The number of aromatic nitrogens is 2. The highest BCUT2D eigenvalue weighted by molar-refractivity contribution is 5.79. The van der Waals surface area contributed by atoms with Crippen LogP contribution < -0.4 is 10.1 Å². The van der Waals surface area contributed by atoms with E-state index >= 15 is 0 Å². The molecule has 0 bridgehead atoms. The highest BCUT2D eigenvalue weighted by Crippen LogP contribution is 2.25. The topological polar surface area (TPSA) is 63.1 Å². The zero-order chi connectivity index (χ0) is 15.5. The van der Waals surface area contributed by atoms with Crippen LogP contribution in [0.25, 0.3) is 11.0 Å². The molecule has 2 N–H and O–H groups in total. The van der Waals surface area contributed by atoms with Crippen molar-refractivity contribution in [3.05, 3.63) is 72.7 Å². The largest absolute Gasteiger partial charge is 0.467 e. The van der Waals surface area contributed by atoms with E-state index in [1.165, 1.54) is 0 Å². The van der Waals surface area contributed by atoms with E-state index in [0.717, 1.165) is 28.3 Å². The number of benzene rings is 2. The second kappa shape index (κ2) is 5.88. The molecule has 0 unspecified atom stereocenters. The number of nitrogens with zero attached hydrogens (tertiary/aromatic N) is 1. The predicted octanol–water partition coefficient (Wildman–Crippen LogP) is 4.56. The van der Waals surface area contributed by atoms with Gasteiger partial charge < -0.3 is 19.5 Å². The number of hydrogen-bond donors (Lipinski definition) is 2. The molecule has 114 valence electrons. The van der Waals surface area contributed by atoms with E-state index in [9.17, 15) is 0 Å². The van der Waals surface area contributed by atoms with Crippen LogP contribution in [0, 0.1) is 0 Å². The van der Waals surface area contributed by atoms with E-state index in [-0.39, 0.29) is 0 Å². The molecule has 4 aromatic rings. The lowest BCUT2D eigenvalue weighted by Gasteiger charge is -2.04. The lowest BCUT2D eigenvalue weighted by atomic mass is 10.3. The summed E-state index contributed by atoms with van der Waals surface area (Å²) in [5, 5.41) is 3.20. The summed E-state index contributed by atoms with van der Waals surface area (Å²) in [7, 11) is 0. The first-order valence-corrected chi connectivity index (χ1v) is 7.36. The number of para-hydroxylation sites is 1. The summed E-state index contributed by atoms with van der Waals surface area (Å²) < 4.78 is 11.1. The normalized spacial score (nSPS) is 10.8. The summed E-state index contributed by atoms with van der Waals surface area (Å²) in [6, 6.07) is 19.3. The Morgan fingerprint density at radius 3 is 2.74 bits per heavy atom. The summed E-state index contributed by atoms with van der Waals surface area (Å²) in [6.45, 7) is 0.584. The van der Waals surface area contributed by atoms with E-state index < -0.39 is 0 Å². The molecule has 5 nitrogen and oxygen atoms in total. The van der Waals surface area contributed by atoms with Crippen molar-refractivity contribution in [2.75, 3.05) is 5.32 Å². The molecule has 0 aliphatic rings. The van der Waals surface area contributed by atoms with E-state index in [1.807, 2.05) is 60.7 Å². The zero-order valence-electron chi connectivity index (χ0n) is 12.3. The van der Waals surface area contributed by atoms with Crippen molar-refractivity contribution in [2.45, 2.75) is 6.54 Å². The fourth-order valence-corrected chi connectivity index (χ4v) is 2.34. The molecule has 5 heteroatoms. The van der Waals surface area contributed by atoms with Gasteiger partial charge in [0.05, 0.1) is 23.8 Å². The lowest BCUT2D eigenvalue weighted by molar-refractivity contribution is 0.483. The smallest absolute Gasteiger partial charge is 0.201 e. The van der Waals surface area contributed by atoms with Gasteiger partial charge in [-0.25, -0.2) is 4.98 Å². The Hall–Kier alpha value is -3.21. The van der Waals surface area contributed by atoms with Crippen LogP contribution in [0.2, 0.25) is 0 Å². The van der Waals surface area contributed by atoms with Gasteiger partial charge in [-0.15, -0.1) is 0 Å². The average Bonchev–Trinajstić information content (AvgIpc) is 3.22. The highest BCUT2D eigenvalue weighted by Gasteiger charge is 2.05. The molecule has 23 heavy (non-hydrogen) atoms. The fraction of sp³-hybridized carbons (Fsp3) is 0.0556. The highest BCUT2D eigenvalue weighted by atomic mass is 16.5. The van der Waals surface area contributed by atoms with Crippen molar-refractivity contribution >= 4 is 17.0 Å². The average molecular weight is 305 g/mol. The van der Waals surface area contributed by atoms with Crippen LogP contribution in [0.3, 0.4) is 0 Å². The molecule has 0 saturated carbocycles. The number of rotatable bonds is 5. The minimum Gasteiger partial charge on any atom is -0.467 e. The molecule has 0 amide bonds. The molecule has 0 spiro atoms. The van der Waals surface area contributed by atoms with E-state index in [4.69, 9.17) is 9.15 Å². The Morgan fingerprint density at radius 2 is 1.91 bits per heavy atom. The summed E-state index contributed by atoms with van der Waals surface area (Å²) in [4.78, 5) is 7.74. The van der Waals surface area contributed by atoms with E-state index in [0.29, 0.717) is 12.5 Å². The van der Waals surface area contributed by atoms with Gasteiger partial charge in [0, 0.05) is 6.07 Å². The Kier molecular flexibility index (Phi) is 3.44. The van der Waals surface area contributed by atoms with Gasteiger partial charge in [0.2, 0.25) is 5.95 Å². The number of furan rings is 1. The molecular formula is C18H15N3O2. The number of ether oxygens (including phenoxy) is 1. The standard InChI is InChI=1S/C18H15N3O2/c1-2-5-13(6-3-1)23-14-8-9-16-17(11-14)21-18(20-16)19-12-15-7-4-10-22-15/h1-11H,12H2,(H2,19,20,21). The molecule has 0 fully saturated rings. The monoisotopic (exact) mass is 305 g/mol. The van der Waals surface area contributed by atoms with Crippen LogP contribution in [0.5, 0.6) is 11.5 Å². The minimum atomic E-state index is 0.584. The minimum absolute atomic E-state index is 0.584. The molecule has 0 aliphatic carbocycles. The second-order valence-corrected chi connectivity index (χ2v) is 5.11. The molecule has 0 atom stereocenters. The van der Waals surface area contributed by atoms with Crippen molar-refractivity contribution < 1.29 is 9.15 Å². The quantitative estimate of drug-likeness (QED) is 0.567. The Labute approximate surface area is 132 Å². The van der Waals surface area contributed by atoms with Crippen LogP contribution in [0.4, 0.5) is 5.95 Å². The zero-order valence-corrected chi connectivity index (χ0v) is 12.3. The molecule has 0 saturated heterocycles. The van der Waals surface area contributed by atoms with Crippen molar-refractivity contribution in [1.82, 2.24) is 9.97 Å². The van der Waals surface area contributed by atoms with E-state index in [1.54, 1.807) is 6.26 Å². The van der Waals surface area contributed by atoms with Gasteiger partial charge >= 0.3 is 0 Å². The number of hydrogen-bond acceptors (Lipinski definition) is 4. The number of imidazole rings is 1. The van der Waals surface area contributed by atoms with Crippen LogP contribution >= 0.6 is 0 Å². The number of anilines is 1. The maximum Gasteiger partial charge on any atom is 0.201 e. The van der Waals surface area contributed by atoms with Gasteiger partial charge in [-0.1, -0.05) is 18.2 Å². The van der Waals surface area contributed by atoms with Crippen LogP contribution in [-0.4, -0.2) is 9.97 Å². The molecular weight excluding hydrogens is 290 g/mol. The van der Waals surface area contributed by atoms with E-state index in [2.05, 4.69) is 15.3 Å². The summed E-state index contributed by atoms with van der Waals surface area (Å²) >= 11 is 0. The molecule has 4 rings (SSSR count).